The van der Waals surface area contributed by atoms with Crippen LogP contribution < -0.4 is 5.32 Å². The predicted octanol–water partition coefficient (Wildman–Crippen LogP) is 4.63. The van der Waals surface area contributed by atoms with Crippen LogP contribution in [0.4, 0.5) is 0 Å². The highest BCUT2D eigenvalue weighted by Gasteiger charge is 2.13. The van der Waals surface area contributed by atoms with Crippen LogP contribution in [0, 0.1) is 6.92 Å². The largest absolute Gasteiger partial charge is 0.302 e. The van der Waals surface area contributed by atoms with Crippen molar-refractivity contribution in [2.45, 2.75) is 32.9 Å². The van der Waals surface area contributed by atoms with Gasteiger partial charge >= 0.3 is 0 Å². The van der Waals surface area contributed by atoms with Gasteiger partial charge in [-0.2, -0.15) is 0 Å². The summed E-state index contributed by atoms with van der Waals surface area (Å²) in [7, 11) is 0. The molecule has 0 saturated heterocycles. The number of nitrogens with one attached hydrogen (secondary N) is 1. The van der Waals surface area contributed by atoms with Gasteiger partial charge in [-0.15, -0.1) is 11.3 Å². The molecule has 2 atom stereocenters. The third-order valence-corrected chi connectivity index (χ3v) is 4.21. The van der Waals surface area contributed by atoms with Crippen molar-refractivity contribution in [1.82, 2.24) is 10.3 Å². The van der Waals surface area contributed by atoms with E-state index < -0.39 is 0 Å². The van der Waals surface area contributed by atoms with Crippen molar-refractivity contribution < 1.29 is 0 Å². The number of aryl methyl sites for hydroxylation is 1. The summed E-state index contributed by atoms with van der Waals surface area (Å²) in [4.78, 5) is 4.52. The number of hydrogen-bond donors (Lipinski definition) is 1. The maximum Gasteiger partial charge on any atom is 0.0898 e. The maximum atomic E-state index is 4.52. The fraction of sp³-hybridized carbons (Fsp3) is 0.357. The molecule has 0 aliphatic carbocycles. The van der Waals surface area contributed by atoms with Crippen LogP contribution in [-0.4, -0.2) is 4.98 Å². The fourth-order valence-electron chi connectivity index (χ4n) is 1.91. The van der Waals surface area contributed by atoms with E-state index in [1.807, 2.05) is 13.0 Å². The number of hydrogen-bond acceptors (Lipinski definition) is 3. The van der Waals surface area contributed by atoms with Crippen molar-refractivity contribution in [3.05, 3.63) is 50.4 Å². The summed E-state index contributed by atoms with van der Waals surface area (Å²) >= 11 is 5.21. The van der Waals surface area contributed by atoms with E-state index in [1.165, 1.54) is 5.56 Å². The molecule has 0 amide bonds. The minimum absolute atomic E-state index is 0.268. The van der Waals surface area contributed by atoms with Crippen molar-refractivity contribution in [3.63, 3.8) is 0 Å². The Morgan fingerprint density at radius 3 is 2.67 bits per heavy atom. The normalized spacial score (nSPS) is 14.4. The van der Waals surface area contributed by atoms with E-state index in [-0.39, 0.29) is 6.04 Å². The second kappa shape index (κ2) is 5.95. The first-order chi connectivity index (χ1) is 8.56. The number of thiazole rings is 1. The Kier molecular flexibility index (Phi) is 4.54. The van der Waals surface area contributed by atoms with E-state index in [2.05, 4.69) is 63.7 Å². The lowest BCUT2D eigenvalue weighted by molar-refractivity contribution is 0.487. The molecule has 2 aromatic rings. The van der Waals surface area contributed by atoms with Gasteiger partial charge in [-0.3, -0.25) is 0 Å². The number of nitrogens with zero attached hydrogens (tertiary/aromatic N) is 1. The van der Waals surface area contributed by atoms with Crippen molar-refractivity contribution in [1.29, 1.82) is 0 Å². The standard InChI is InChI=1S/C14H17BrN2S/c1-9(12-5-4-6-13(15)7-12)16-10(2)14-8-18-11(3)17-14/h4-10,16H,1-3H3. The summed E-state index contributed by atoms with van der Waals surface area (Å²) in [6.45, 7) is 6.37. The Bertz CT molecular complexity index is 524. The number of rotatable bonds is 4. The Hall–Kier alpha value is -0.710. The highest BCUT2D eigenvalue weighted by Crippen LogP contribution is 2.22. The molecule has 0 aliphatic rings. The smallest absolute Gasteiger partial charge is 0.0898 e. The lowest BCUT2D eigenvalue weighted by Gasteiger charge is -2.19. The van der Waals surface area contributed by atoms with Crippen molar-refractivity contribution >= 4 is 27.3 Å². The van der Waals surface area contributed by atoms with Gasteiger partial charge in [0.05, 0.1) is 10.7 Å². The molecule has 2 rings (SSSR count). The van der Waals surface area contributed by atoms with Crippen LogP contribution in [0.5, 0.6) is 0 Å². The summed E-state index contributed by atoms with van der Waals surface area (Å²) in [6, 6.07) is 8.97. The Labute approximate surface area is 121 Å². The molecular formula is C14H17BrN2S. The first-order valence-corrected chi connectivity index (χ1v) is 7.67. The molecule has 1 aromatic carbocycles. The van der Waals surface area contributed by atoms with Crippen molar-refractivity contribution in [2.75, 3.05) is 0 Å². The quantitative estimate of drug-likeness (QED) is 0.887. The van der Waals surface area contributed by atoms with E-state index in [1.54, 1.807) is 11.3 Å². The van der Waals surface area contributed by atoms with Gasteiger partial charge in [0, 0.05) is 21.9 Å². The van der Waals surface area contributed by atoms with Crippen LogP contribution in [0.2, 0.25) is 0 Å². The third-order valence-electron chi connectivity index (χ3n) is 2.93. The van der Waals surface area contributed by atoms with E-state index in [0.717, 1.165) is 15.2 Å². The zero-order valence-corrected chi connectivity index (χ0v) is 13.2. The average molecular weight is 325 g/mol. The monoisotopic (exact) mass is 324 g/mol. The molecular weight excluding hydrogens is 308 g/mol. The van der Waals surface area contributed by atoms with E-state index >= 15 is 0 Å². The van der Waals surface area contributed by atoms with Gasteiger partial charge in [-0.1, -0.05) is 28.1 Å². The van der Waals surface area contributed by atoms with E-state index in [4.69, 9.17) is 0 Å². The molecule has 0 spiro atoms. The Morgan fingerprint density at radius 2 is 2.06 bits per heavy atom. The van der Waals surface area contributed by atoms with Crippen LogP contribution in [0.1, 0.15) is 42.2 Å². The second-order valence-corrected chi connectivity index (χ2v) is 6.43. The highest BCUT2D eigenvalue weighted by atomic mass is 79.9. The van der Waals surface area contributed by atoms with Crippen LogP contribution in [-0.2, 0) is 0 Å². The minimum atomic E-state index is 0.268. The van der Waals surface area contributed by atoms with Gasteiger partial charge in [0.1, 0.15) is 0 Å². The summed E-state index contributed by atoms with van der Waals surface area (Å²) < 4.78 is 1.12. The zero-order valence-electron chi connectivity index (χ0n) is 10.8. The van der Waals surface area contributed by atoms with Crippen LogP contribution in [0.3, 0.4) is 0 Å². The van der Waals surface area contributed by atoms with Crippen LogP contribution >= 0.6 is 27.3 Å². The number of aromatic nitrogens is 1. The highest BCUT2D eigenvalue weighted by molar-refractivity contribution is 9.10. The first-order valence-electron chi connectivity index (χ1n) is 6.00. The molecule has 96 valence electrons. The number of halogens is 1. The molecule has 0 radical (unpaired) electrons. The SMILES string of the molecule is Cc1nc(C(C)NC(C)c2cccc(Br)c2)cs1. The Morgan fingerprint density at radius 1 is 1.28 bits per heavy atom. The molecule has 0 aliphatic heterocycles. The molecule has 0 fully saturated rings. The van der Waals surface area contributed by atoms with Gasteiger partial charge in [-0.05, 0) is 38.5 Å². The fourth-order valence-corrected chi connectivity index (χ4v) is 3.03. The molecule has 2 unspecified atom stereocenters. The second-order valence-electron chi connectivity index (χ2n) is 4.46. The lowest BCUT2D eigenvalue weighted by atomic mass is 10.1. The van der Waals surface area contributed by atoms with E-state index in [9.17, 15) is 0 Å². The van der Waals surface area contributed by atoms with Gasteiger partial charge in [-0.25, -0.2) is 4.98 Å². The number of benzene rings is 1. The van der Waals surface area contributed by atoms with Crippen LogP contribution in [0.15, 0.2) is 34.1 Å². The summed E-state index contributed by atoms with van der Waals surface area (Å²) in [5.41, 5.74) is 2.41. The summed E-state index contributed by atoms with van der Waals surface area (Å²) in [5, 5.41) is 6.82. The van der Waals surface area contributed by atoms with Gasteiger partial charge < -0.3 is 5.32 Å². The molecule has 1 N–H and O–H groups in total. The minimum Gasteiger partial charge on any atom is -0.302 e. The van der Waals surface area contributed by atoms with Gasteiger partial charge in [0.25, 0.3) is 0 Å². The molecule has 0 saturated carbocycles. The predicted molar refractivity (Wildman–Crippen MR) is 81.0 cm³/mol. The molecule has 2 nitrogen and oxygen atoms in total. The molecule has 1 aromatic heterocycles. The molecule has 4 heteroatoms. The van der Waals surface area contributed by atoms with Gasteiger partial charge in [0.15, 0.2) is 0 Å². The van der Waals surface area contributed by atoms with Crippen LogP contribution in [0.25, 0.3) is 0 Å². The van der Waals surface area contributed by atoms with Crippen molar-refractivity contribution in [3.8, 4) is 0 Å². The topological polar surface area (TPSA) is 24.9 Å². The third kappa shape index (κ3) is 3.40. The average Bonchev–Trinajstić information content (AvgIpc) is 2.76. The van der Waals surface area contributed by atoms with Crippen molar-refractivity contribution in [2.24, 2.45) is 0 Å². The molecule has 0 bridgehead atoms. The maximum absolute atomic E-state index is 4.52. The zero-order chi connectivity index (χ0) is 13.1. The first kappa shape index (κ1) is 13.7. The summed E-state index contributed by atoms with van der Waals surface area (Å²) in [6.07, 6.45) is 0. The van der Waals surface area contributed by atoms with E-state index in [0.29, 0.717) is 6.04 Å². The lowest BCUT2D eigenvalue weighted by Crippen LogP contribution is -2.22. The molecule has 18 heavy (non-hydrogen) atoms. The Balaban J connectivity index is 2.05. The van der Waals surface area contributed by atoms with Gasteiger partial charge in [0.2, 0.25) is 0 Å². The summed E-state index contributed by atoms with van der Waals surface area (Å²) in [5.74, 6) is 0. The molecule has 1 heterocycles.